The normalized spacial score (nSPS) is 21.1. The summed E-state index contributed by atoms with van der Waals surface area (Å²) in [6.07, 6.45) is -11.3. The van der Waals surface area contributed by atoms with Crippen LogP contribution >= 0.6 is 0 Å². The minimum atomic E-state index is -5.09. The van der Waals surface area contributed by atoms with Crippen molar-refractivity contribution in [1.82, 2.24) is 9.80 Å². The Bertz CT molecular complexity index is 1110. The lowest BCUT2D eigenvalue weighted by Gasteiger charge is -2.44. The number of piperazine rings is 1. The molecule has 2 aromatic carbocycles. The predicted molar refractivity (Wildman–Crippen MR) is 114 cm³/mol. The average Bonchev–Trinajstić information content (AvgIpc) is 2.82. The Labute approximate surface area is 202 Å². The summed E-state index contributed by atoms with van der Waals surface area (Å²) >= 11 is 0. The van der Waals surface area contributed by atoms with E-state index in [1.54, 1.807) is 6.07 Å². The highest BCUT2D eigenvalue weighted by atomic mass is 19.4. The van der Waals surface area contributed by atoms with Crippen molar-refractivity contribution in [2.45, 2.75) is 37.3 Å². The Kier molecular flexibility index (Phi) is 6.91. The van der Waals surface area contributed by atoms with Crippen molar-refractivity contribution in [3.05, 3.63) is 70.3 Å². The molecule has 194 valence electrons. The molecule has 12 heteroatoms. The Morgan fingerprint density at radius 2 is 1.47 bits per heavy atom. The molecule has 0 radical (unpaired) electrons. The molecule has 2 atom stereocenters. The van der Waals surface area contributed by atoms with Crippen molar-refractivity contribution in [2.75, 3.05) is 26.2 Å². The van der Waals surface area contributed by atoms with Crippen molar-refractivity contribution in [3.63, 3.8) is 0 Å². The molecule has 1 fully saturated rings. The summed E-state index contributed by atoms with van der Waals surface area (Å²) in [6.45, 7) is 1.05. The van der Waals surface area contributed by atoms with Crippen LogP contribution in [0.3, 0.4) is 0 Å². The maximum Gasteiger partial charge on any atom is 0.416 e. The number of hydrogen-bond donors (Lipinski definition) is 1. The summed E-state index contributed by atoms with van der Waals surface area (Å²) in [6, 6.07) is 7.49. The standard InChI is InChI=1S/C24H22F6N2O4/c25-23(26,27)16-11-15(12-17(13-16)24(28,29)30)21(33)36-19-6-5-14-3-1-2-4-18(14)20(19)31-7-9-32(10-8-31)22(34)35/h1-4,11-13,19-20H,5-10H2,(H,34,35)/t19-,20-/m1/s1. The van der Waals surface area contributed by atoms with Gasteiger partial charge in [-0.25, -0.2) is 9.59 Å². The molecule has 0 spiro atoms. The van der Waals surface area contributed by atoms with Crippen LogP contribution in [-0.4, -0.2) is 59.3 Å². The van der Waals surface area contributed by atoms with Gasteiger partial charge in [0, 0.05) is 26.2 Å². The van der Waals surface area contributed by atoms with E-state index in [1.165, 1.54) is 4.90 Å². The number of carbonyl (C=O) groups is 2. The van der Waals surface area contributed by atoms with Crippen LogP contribution in [0.25, 0.3) is 0 Å². The van der Waals surface area contributed by atoms with Gasteiger partial charge in [0.05, 0.1) is 22.7 Å². The van der Waals surface area contributed by atoms with E-state index < -0.39 is 53.3 Å². The maximum atomic E-state index is 13.2. The van der Waals surface area contributed by atoms with E-state index >= 15 is 0 Å². The number of aryl methyl sites for hydroxylation is 1. The van der Waals surface area contributed by atoms with E-state index in [-0.39, 0.29) is 19.2 Å². The number of esters is 1. The van der Waals surface area contributed by atoms with Gasteiger partial charge in [-0.2, -0.15) is 26.3 Å². The van der Waals surface area contributed by atoms with Gasteiger partial charge in [-0.3, -0.25) is 4.90 Å². The maximum absolute atomic E-state index is 13.2. The van der Waals surface area contributed by atoms with Crippen LogP contribution in [0.5, 0.6) is 0 Å². The summed E-state index contributed by atoms with van der Waals surface area (Å²) in [4.78, 5) is 27.3. The van der Waals surface area contributed by atoms with E-state index in [1.807, 2.05) is 23.1 Å². The molecule has 1 saturated heterocycles. The number of alkyl halides is 6. The molecule has 36 heavy (non-hydrogen) atoms. The van der Waals surface area contributed by atoms with E-state index in [2.05, 4.69) is 0 Å². The third kappa shape index (κ3) is 5.43. The first kappa shape index (κ1) is 25.8. The highest BCUT2D eigenvalue weighted by molar-refractivity contribution is 5.90. The van der Waals surface area contributed by atoms with Gasteiger partial charge in [0.25, 0.3) is 0 Å². The van der Waals surface area contributed by atoms with E-state index in [0.717, 1.165) is 11.1 Å². The molecule has 0 saturated carbocycles. The van der Waals surface area contributed by atoms with Crippen LogP contribution in [-0.2, 0) is 23.5 Å². The van der Waals surface area contributed by atoms with Crippen molar-refractivity contribution < 1.29 is 45.8 Å². The molecule has 4 rings (SSSR count). The first-order valence-corrected chi connectivity index (χ1v) is 11.1. The summed E-state index contributed by atoms with van der Waals surface area (Å²) < 4.78 is 85.0. The van der Waals surface area contributed by atoms with Crippen LogP contribution in [0.15, 0.2) is 42.5 Å². The second-order valence-corrected chi connectivity index (χ2v) is 8.73. The number of rotatable bonds is 3. The Morgan fingerprint density at radius 1 is 0.889 bits per heavy atom. The zero-order chi connectivity index (χ0) is 26.3. The highest BCUT2D eigenvalue weighted by Gasteiger charge is 2.40. The van der Waals surface area contributed by atoms with Gasteiger partial charge in [-0.15, -0.1) is 0 Å². The van der Waals surface area contributed by atoms with Crippen LogP contribution < -0.4 is 0 Å². The van der Waals surface area contributed by atoms with Gasteiger partial charge in [-0.1, -0.05) is 24.3 Å². The zero-order valence-corrected chi connectivity index (χ0v) is 18.8. The third-order valence-electron chi connectivity index (χ3n) is 6.48. The van der Waals surface area contributed by atoms with Gasteiger partial charge in [0.1, 0.15) is 6.10 Å². The number of nitrogens with zero attached hydrogens (tertiary/aromatic N) is 2. The quantitative estimate of drug-likeness (QED) is 0.447. The number of benzene rings is 2. The smallest absolute Gasteiger partial charge is 0.416 e. The Balaban J connectivity index is 1.63. The minimum Gasteiger partial charge on any atom is -0.465 e. The number of fused-ring (bicyclic) bond motifs is 1. The Morgan fingerprint density at radius 3 is 2.03 bits per heavy atom. The monoisotopic (exact) mass is 516 g/mol. The average molecular weight is 516 g/mol. The molecule has 0 unspecified atom stereocenters. The molecular formula is C24H22F6N2O4. The number of ether oxygens (including phenoxy) is 1. The van der Waals surface area contributed by atoms with Crippen LogP contribution in [0.2, 0.25) is 0 Å². The number of carboxylic acid groups (broad SMARTS) is 1. The molecule has 1 N–H and O–H groups in total. The van der Waals surface area contributed by atoms with E-state index in [4.69, 9.17) is 4.74 Å². The van der Waals surface area contributed by atoms with Gasteiger partial charge in [0.2, 0.25) is 0 Å². The molecule has 1 aliphatic heterocycles. The summed E-state index contributed by atoms with van der Waals surface area (Å²) in [5.41, 5.74) is -2.23. The molecule has 0 bridgehead atoms. The summed E-state index contributed by atoms with van der Waals surface area (Å²) in [5.74, 6) is -1.29. The first-order chi connectivity index (χ1) is 16.8. The number of carbonyl (C=O) groups excluding carboxylic acids is 1. The SMILES string of the molecule is O=C(O[C@@H]1CCc2ccccc2[C@H]1N1CCN(C(=O)O)CC1)c1cc(C(F)(F)F)cc(C(F)(F)F)c1. The number of halogens is 6. The van der Waals surface area contributed by atoms with E-state index in [9.17, 15) is 41.0 Å². The molecule has 1 amide bonds. The first-order valence-electron chi connectivity index (χ1n) is 11.1. The van der Waals surface area contributed by atoms with Gasteiger partial charge < -0.3 is 14.7 Å². The highest BCUT2D eigenvalue weighted by Crippen LogP contribution is 2.39. The summed E-state index contributed by atoms with van der Waals surface area (Å²) in [7, 11) is 0. The molecule has 1 heterocycles. The van der Waals surface area contributed by atoms with Crippen molar-refractivity contribution in [3.8, 4) is 0 Å². The lowest BCUT2D eigenvalue weighted by Crippen LogP contribution is -2.52. The summed E-state index contributed by atoms with van der Waals surface area (Å²) in [5, 5.41) is 9.23. The van der Waals surface area contributed by atoms with Crippen LogP contribution in [0, 0.1) is 0 Å². The van der Waals surface area contributed by atoms with Gasteiger partial charge >= 0.3 is 24.4 Å². The lowest BCUT2D eigenvalue weighted by atomic mass is 9.84. The minimum absolute atomic E-state index is 0.0433. The fraction of sp³-hybridized carbons (Fsp3) is 0.417. The number of amides is 1. The van der Waals surface area contributed by atoms with Gasteiger partial charge in [0.15, 0.2) is 0 Å². The van der Waals surface area contributed by atoms with Gasteiger partial charge in [-0.05, 0) is 42.2 Å². The van der Waals surface area contributed by atoms with Crippen molar-refractivity contribution in [1.29, 1.82) is 0 Å². The predicted octanol–water partition coefficient (Wildman–Crippen LogP) is 5.23. The molecule has 1 aliphatic carbocycles. The number of hydrogen-bond acceptors (Lipinski definition) is 4. The van der Waals surface area contributed by atoms with Crippen molar-refractivity contribution >= 4 is 12.1 Å². The largest absolute Gasteiger partial charge is 0.465 e. The Hall–Kier alpha value is -3.28. The topological polar surface area (TPSA) is 70.1 Å². The fourth-order valence-corrected chi connectivity index (χ4v) is 4.73. The second-order valence-electron chi connectivity index (χ2n) is 8.73. The lowest BCUT2D eigenvalue weighted by molar-refractivity contribution is -0.143. The molecule has 2 aliphatic rings. The van der Waals surface area contributed by atoms with Crippen LogP contribution in [0.1, 0.15) is 45.1 Å². The van der Waals surface area contributed by atoms with Crippen molar-refractivity contribution in [2.24, 2.45) is 0 Å². The second kappa shape index (κ2) is 9.64. The zero-order valence-electron chi connectivity index (χ0n) is 18.8. The molecule has 0 aromatic heterocycles. The fourth-order valence-electron chi connectivity index (χ4n) is 4.73. The molecular weight excluding hydrogens is 494 g/mol. The van der Waals surface area contributed by atoms with Crippen LogP contribution in [0.4, 0.5) is 31.1 Å². The van der Waals surface area contributed by atoms with E-state index in [0.29, 0.717) is 38.1 Å². The third-order valence-corrected chi connectivity index (χ3v) is 6.48. The molecule has 2 aromatic rings. The molecule has 6 nitrogen and oxygen atoms in total.